The van der Waals surface area contributed by atoms with E-state index in [1.165, 1.54) is 37.3 Å². The van der Waals surface area contributed by atoms with Gasteiger partial charge in [0.2, 0.25) is 6.43 Å². The molecule has 0 bridgehead atoms. The maximum Gasteiger partial charge on any atom is 0.243 e. The summed E-state index contributed by atoms with van der Waals surface area (Å²) in [6.45, 7) is 12.4. The topological polar surface area (TPSA) is 32.3 Å². The van der Waals surface area contributed by atoms with Gasteiger partial charge in [-0.05, 0) is 29.7 Å². The van der Waals surface area contributed by atoms with Gasteiger partial charge in [0.1, 0.15) is 17.0 Å². The van der Waals surface area contributed by atoms with Crippen molar-refractivity contribution in [3.63, 3.8) is 0 Å². The molecule has 0 saturated carbocycles. The Bertz CT molecular complexity index is 798. The van der Waals surface area contributed by atoms with Gasteiger partial charge < -0.3 is 9.80 Å². The molecule has 4 nitrogen and oxygen atoms in total. The van der Waals surface area contributed by atoms with E-state index in [0.29, 0.717) is 15.7 Å². The first-order valence-electron chi connectivity index (χ1n) is 9.72. The summed E-state index contributed by atoms with van der Waals surface area (Å²) in [5.41, 5.74) is 0.813. The van der Waals surface area contributed by atoms with E-state index >= 15 is 0 Å². The second kappa shape index (κ2) is 6.92. The molecule has 0 aliphatic carbocycles. The smallest absolute Gasteiger partial charge is 0.243 e. The van der Waals surface area contributed by atoms with Crippen molar-refractivity contribution in [3.05, 3.63) is 17.3 Å². The number of fused-ring (bicyclic) bond motifs is 1. The highest BCUT2D eigenvalue weighted by molar-refractivity contribution is 7.18. The highest BCUT2D eigenvalue weighted by atomic mass is 32.1. The molecule has 148 valence electrons. The fourth-order valence-electron chi connectivity index (χ4n) is 4.59. The van der Waals surface area contributed by atoms with Crippen LogP contribution in [0.1, 0.15) is 38.5 Å². The Morgan fingerprint density at radius 3 is 2.52 bits per heavy atom. The Morgan fingerprint density at radius 1 is 1.19 bits per heavy atom. The lowest BCUT2D eigenvalue weighted by Gasteiger charge is -2.55. The van der Waals surface area contributed by atoms with Crippen LogP contribution in [0.25, 0.3) is 10.2 Å². The van der Waals surface area contributed by atoms with Crippen LogP contribution < -0.4 is 4.90 Å². The number of aromatic nitrogens is 2. The molecule has 2 aliphatic rings. The van der Waals surface area contributed by atoms with Crippen molar-refractivity contribution < 1.29 is 8.78 Å². The predicted molar refractivity (Wildman–Crippen MR) is 107 cm³/mol. The first-order valence-corrected chi connectivity index (χ1v) is 10.5. The number of likely N-dealkylation sites (tertiary alicyclic amines) is 1. The van der Waals surface area contributed by atoms with E-state index in [-0.39, 0.29) is 6.42 Å². The molecule has 7 heteroatoms. The van der Waals surface area contributed by atoms with Crippen molar-refractivity contribution in [2.24, 2.45) is 10.8 Å². The summed E-state index contributed by atoms with van der Waals surface area (Å²) >= 11 is 1.36. The van der Waals surface area contributed by atoms with Gasteiger partial charge in [0.05, 0.1) is 5.39 Å². The molecule has 2 aromatic heterocycles. The molecule has 0 unspecified atom stereocenters. The molecular formula is C20H28F2N4S. The summed E-state index contributed by atoms with van der Waals surface area (Å²) in [5, 5.41) is 0.928. The highest BCUT2D eigenvalue weighted by Crippen LogP contribution is 2.43. The Balaban J connectivity index is 1.42. The van der Waals surface area contributed by atoms with Crippen LogP contribution in [0.4, 0.5) is 14.6 Å². The molecule has 4 heterocycles. The maximum absolute atomic E-state index is 12.7. The molecule has 2 saturated heterocycles. The molecule has 2 aliphatic heterocycles. The molecule has 27 heavy (non-hydrogen) atoms. The first-order chi connectivity index (χ1) is 12.7. The summed E-state index contributed by atoms with van der Waals surface area (Å²) < 4.78 is 25.5. The van der Waals surface area contributed by atoms with Crippen molar-refractivity contribution in [2.45, 2.75) is 46.5 Å². The summed E-state index contributed by atoms with van der Waals surface area (Å²) in [4.78, 5) is 15.2. The number of piperidine rings is 1. The molecule has 2 fully saturated rings. The van der Waals surface area contributed by atoms with Gasteiger partial charge in [0.15, 0.2) is 0 Å². The lowest BCUT2D eigenvalue weighted by molar-refractivity contribution is -0.0357. The summed E-state index contributed by atoms with van der Waals surface area (Å²) in [6, 6.07) is 1.86. The molecule has 0 N–H and O–H groups in total. The zero-order chi connectivity index (χ0) is 19.2. The molecule has 0 atom stereocenters. The average molecular weight is 395 g/mol. The van der Waals surface area contributed by atoms with E-state index in [4.69, 9.17) is 0 Å². The van der Waals surface area contributed by atoms with Crippen molar-refractivity contribution in [1.82, 2.24) is 14.9 Å². The largest absolute Gasteiger partial charge is 0.356 e. The molecule has 0 amide bonds. The fourth-order valence-corrected chi connectivity index (χ4v) is 5.59. The van der Waals surface area contributed by atoms with Crippen molar-refractivity contribution >= 4 is 27.4 Å². The quantitative estimate of drug-likeness (QED) is 0.767. The Labute approximate surface area is 163 Å². The van der Waals surface area contributed by atoms with Crippen molar-refractivity contribution in [2.75, 3.05) is 37.6 Å². The highest BCUT2D eigenvalue weighted by Gasteiger charge is 2.45. The number of hydrogen-bond donors (Lipinski definition) is 0. The van der Waals surface area contributed by atoms with E-state index in [0.717, 1.165) is 35.7 Å². The zero-order valence-electron chi connectivity index (χ0n) is 16.3. The third-order valence-corrected chi connectivity index (χ3v) is 6.72. The number of thiophene rings is 1. The van der Waals surface area contributed by atoms with Crippen LogP contribution in [0.3, 0.4) is 0 Å². The van der Waals surface area contributed by atoms with Gasteiger partial charge in [-0.3, -0.25) is 0 Å². The minimum Gasteiger partial charge on any atom is -0.356 e. The Morgan fingerprint density at radius 2 is 1.89 bits per heavy atom. The van der Waals surface area contributed by atoms with E-state index in [1.807, 2.05) is 6.07 Å². The third-order valence-electron chi connectivity index (χ3n) is 5.65. The molecule has 0 radical (unpaired) electrons. The van der Waals surface area contributed by atoms with Crippen LogP contribution in [-0.4, -0.2) is 54.0 Å². The SMILES string of the molecule is CC(C)(C)CN1CC2(CCN(c3ncnc4sc(CC(F)F)cc34)CC2)C1. The number of rotatable bonds is 4. The van der Waals surface area contributed by atoms with Gasteiger partial charge in [-0.25, -0.2) is 18.7 Å². The lowest BCUT2D eigenvalue weighted by Crippen LogP contribution is -2.61. The van der Waals surface area contributed by atoms with Crippen molar-refractivity contribution in [1.29, 1.82) is 0 Å². The molecule has 2 aromatic rings. The minimum absolute atomic E-state index is 0.201. The second-order valence-electron chi connectivity index (χ2n) is 9.42. The van der Waals surface area contributed by atoms with Crippen LogP contribution in [0.5, 0.6) is 0 Å². The molecular weight excluding hydrogens is 366 g/mol. The van der Waals surface area contributed by atoms with E-state index in [2.05, 4.69) is 40.5 Å². The minimum atomic E-state index is -2.32. The molecule has 0 aromatic carbocycles. The van der Waals surface area contributed by atoms with E-state index in [1.54, 1.807) is 6.33 Å². The summed E-state index contributed by atoms with van der Waals surface area (Å²) in [7, 11) is 0. The zero-order valence-corrected chi connectivity index (χ0v) is 17.2. The Hall–Kier alpha value is -1.34. The van der Waals surface area contributed by atoms with Crippen LogP contribution in [-0.2, 0) is 6.42 Å². The van der Waals surface area contributed by atoms with Crippen molar-refractivity contribution in [3.8, 4) is 0 Å². The van der Waals surface area contributed by atoms with Gasteiger partial charge >= 0.3 is 0 Å². The molecule has 1 spiro atoms. The Kier molecular flexibility index (Phi) is 4.87. The average Bonchev–Trinajstić information content (AvgIpc) is 2.94. The van der Waals surface area contributed by atoms with Gasteiger partial charge in [-0.1, -0.05) is 20.8 Å². The second-order valence-corrected chi connectivity index (χ2v) is 10.5. The van der Waals surface area contributed by atoms with Crippen LogP contribution in [0.15, 0.2) is 12.4 Å². The fraction of sp³-hybridized carbons (Fsp3) is 0.700. The van der Waals surface area contributed by atoms with Crippen LogP contribution in [0.2, 0.25) is 0 Å². The third kappa shape index (κ3) is 4.09. The van der Waals surface area contributed by atoms with Gasteiger partial charge in [-0.15, -0.1) is 11.3 Å². The van der Waals surface area contributed by atoms with Gasteiger partial charge in [-0.2, -0.15) is 0 Å². The predicted octanol–water partition coefficient (Wildman–Crippen LogP) is 4.45. The monoisotopic (exact) mass is 394 g/mol. The molecule has 4 rings (SSSR count). The summed E-state index contributed by atoms with van der Waals surface area (Å²) in [6.07, 6.45) is 1.39. The number of alkyl halides is 2. The van der Waals surface area contributed by atoms with E-state index in [9.17, 15) is 8.78 Å². The standard InChI is InChI=1S/C20H28F2N4S/c1-19(2,3)10-25-11-20(12-25)4-6-26(7-5-20)17-15-8-14(9-16(21)22)27-18(15)24-13-23-17/h8,13,16H,4-7,9-12H2,1-3H3. The number of nitrogens with zero attached hydrogens (tertiary/aromatic N) is 4. The van der Waals surface area contributed by atoms with E-state index < -0.39 is 6.43 Å². The maximum atomic E-state index is 12.7. The van der Waals surface area contributed by atoms with Crippen LogP contribution in [0, 0.1) is 10.8 Å². The lowest BCUT2D eigenvalue weighted by atomic mass is 9.71. The normalized spacial score (nSPS) is 20.6. The van der Waals surface area contributed by atoms with Gasteiger partial charge in [0.25, 0.3) is 0 Å². The number of hydrogen-bond acceptors (Lipinski definition) is 5. The first kappa shape index (κ1) is 19.0. The number of anilines is 1. The van der Waals surface area contributed by atoms with Crippen LogP contribution >= 0.6 is 11.3 Å². The summed E-state index contributed by atoms with van der Waals surface area (Å²) in [5.74, 6) is 0.914. The van der Waals surface area contributed by atoms with Gasteiger partial charge in [0, 0.05) is 44.0 Å². The number of halogens is 2.